The Morgan fingerprint density at radius 1 is 1.10 bits per heavy atom. The van der Waals surface area contributed by atoms with Gasteiger partial charge in [0.1, 0.15) is 0 Å². The number of ether oxygens (including phenoxy) is 1. The van der Waals surface area contributed by atoms with Gasteiger partial charge in [-0.2, -0.15) is 0 Å². The van der Waals surface area contributed by atoms with E-state index in [1.807, 2.05) is 0 Å². The van der Waals surface area contributed by atoms with Crippen molar-refractivity contribution in [2.75, 3.05) is 39.4 Å². The van der Waals surface area contributed by atoms with Gasteiger partial charge in [-0.1, -0.05) is 30.3 Å². The van der Waals surface area contributed by atoms with Crippen LogP contribution in [0.1, 0.15) is 50.2 Å². The van der Waals surface area contributed by atoms with E-state index in [-0.39, 0.29) is 5.92 Å². The number of benzene rings is 1. The fraction of sp³-hybridized carbons (Fsp3) is 0.654. The fourth-order valence-electron chi connectivity index (χ4n) is 6.07. The number of carbonyl (C=O) groups excluding carboxylic acids is 1. The molecule has 0 aromatic heterocycles. The molecule has 3 saturated heterocycles. The highest BCUT2D eigenvalue weighted by atomic mass is 16.5. The SMILES string of the molecule is C[C@@H]1CCCN1CCc1ccc(C2=CC[C@@H]3CN(C(=O)C4CCOCC4)C[C@H]23)cc1. The second-order valence-electron chi connectivity index (χ2n) is 9.87. The summed E-state index contributed by atoms with van der Waals surface area (Å²) in [6, 6.07) is 10.0. The number of fused-ring (bicyclic) bond motifs is 1. The maximum atomic E-state index is 13.0. The molecule has 0 unspecified atom stereocenters. The molecule has 0 N–H and O–H groups in total. The number of carbonyl (C=O) groups is 1. The molecule has 0 saturated carbocycles. The van der Waals surface area contributed by atoms with Gasteiger partial charge in [-0.05, 0) is 74.6 Å². The normalized spacial score (nSPS) is 30.0. The molecule has 3 heterocycles. The summed E-state index contributed by atoms with van der Waals surface area (Å²) >= 11 is 0. The topological polar surface area (TPSA) is 32.8 Å². The van der Waals surface area contributed by atoms with Crippen molar-refractivity contribution < 1.29 is 9.53 Å². The quantitative estimate of drug-likeness (QED) is 0.738. The molecule has 3 aliphatic heterocycles. The monoisotopic (exact) mass is 408 g/mol. The predicted molar refractivity (Wildman–Crippen MR) is 120 cm³/mol. The molecule has 1 aromatic carbocycles. The van der Waals surface area contributed by atoms with Crippen LogP contribution in [-0.2, 0) is 16.0 Å². The highest BCUT2D eigenvalue weighted by Crippen LogP contribution is 2.43. The molecule has 4 nitrogen and oxygen atoms in total. The number of rotatable bonds is 5. The first-order chi connectivity index (χ1) is 14.7. The number of amides is 1. The molecule has 4 aliphatic rings. The van der Waals surface area contributed by atoms with E-state index in [2.05, 4.69) is 47.1 Å². The molecule has 1 aromatic rings. The molecule has 1 aliphatic carbocycles. The minimum Gasteiger partial charge on any atom is -0.381 e. The van der Waals surface area contributed by atoms with Crippen molar-refractivity contribution in [1.82, 2.24) is 9.80 Å². The van der Waals surface area contributed by atoms with Gasteiger partial charge in [-0.3, -0.25) is 4.79 Å². The molecular weight excluding hydrogens is 372 g/mol. The van der Waals surface area contributed by atoms with Gasteiger partial charge in [0, 0.05) is 50.7 Å². The Bertz CT molecular complexity index is 781. The zero-order valence-electron chi connectivity index (χ0n) is 18.4. The summed E-state index contributed by atoms with van der Waals surface area (Å²) in [7, 11) is 0. The molecule has 0 spiro atoms. The Morgan fingerprint density at radius 2 is 1.90 bits per heavy atom. The summed E-state index contributed by atoms with van der Waals surface area (Å²) < 4.78 is 5.44. The van der Waals surface area contributed by atoms with Crippen LogP contribution >= 0.6 is 0 Å². The summed E-state index contributed by atoms with van der Waals surface area (Å²) in [6.45, 7) is 8.12. The Labute approximate surface area is 181 Å². The number of likely N-dealkylation sites (tertiary alicyclic amines) is 2. The average Bonchev–Trinajstić information content (AvgIpc) is 3.49. The Kier molecular flexibility index (Phi) is 5.97. The lowest BCUT2D eigenvalue weighted by Crippen LogP contribution is -2.37. The second kappa shape index (κ2) is 8.84. The fourth-order valence-corrected chi connectivity index (χ4v) is 6.07. The van der Waals surface area contributed by atoms with Crippen LogP contribution in [0.15, 0.2) is 30.3 Å². The maximum Gasteiger partial charge on any atom is 0.225 e. The van der Waals surface area contributed by atoms with Gasteiger partial charge in [-0.15, -0.1) is 0 Å². The van der Waals surface area contributed by atoms with Gasteiger partial charge in [0.05, 0.1) is 0 Å². The van der Waals surface area contributed by atoms with Crippen molar-refractivity contribution >= 4 is 11.5 Å². The first-order valence-electron chi connectivity index (χ1n) is 12.1. The van der Waals surface area contributed by atoms with Crippen molar-refractivity contribution in [2.24, 2.45) is 17.8 Å². The van der Waals surface area contributed by atoms with Crippen molar-refractivity contribution in [1.29, 1.82) is 0 Å². The first kappa shape index (κ1) is 20.3. The zero-order valence-corrected chi connectivity index (χ0v) is 18.4. The zero-order chi connectivity index (χ0) is 20.5. The van der Waals surface area contributed by atoms with E-state index < -0.39 is 0 Å². The van der Waals surface area contributed by atoms with Crippen LogP contribution in [0, 0.1) is 17.8 Å². The molecule has 3 atom stereocenters. The second-order valence-corrected chi connectivity index (χ2v) is 9.87. The number of hydrogen-bond acceptors (Lipinski definition) is 3. The lowest BCUT2D eigenvalue weighted by Gasteiger charge is -2.27. The van der Waals surface area contributed by atoms with Crippen molar-refractivity contribution in [3.05, 3.63) is 41.5 Å². The van der Waals surface area contributed by atoms with Gasteiger partial charge >= 0.3 is 0 Å². The van der Waals surface area contributed by atoms with Crippen molar-refractivity contribution in [3.8, 4) is 0 Å². The molecule has 30 heavy (non-hydrogen) atoms. The third-order valence-electron chi connectivity index (χ3n) is 8.03. The highest BCUT2D eigenvalue weighted by Gasteiger charge is 2.41. The lowest BCUT2D eigenvalue weighted by atomic mass is 9.90. The molecule has 1 amide bonds. The van der Waals surface area contributed by atoms with E-state index in [9.17, 15) is 4.79 Å². The summed E-state index contributed by atoms with van der Waals surface area (Å²) in [5.74, 6) is 1.69. The van der Waals surface area contributed by atoms with E-state index in [4.69, 9.17) is 4.74 Å². The van der Waals surface area contributed by atoms with Crippen LogP contribution in [0.2, 0.25) is 0 Å². The molecule has 3 fully saturated rings. The van der Waals surface area contributed by atoms with Crippen LogP contribution < -0.4 is 0 Å². The number of nitrogens with zero attached hydrogens (tertiary/aromatic N) is 2. The molecule has 5 rings (SSSR count). The average molecular weight is 409 g/mol. The van der Waals surface area contributed by atoms with Crippen LogP contribution in [0.3, 0.4) is 0 Å². The standard InChI is InChI=1S/C26H36N2O2/c1-19-3-2-13-27(19)14-10-20-4-6-21(7-5-20)24-9-8-23-17-28(18-25(23)24)26(29)22-11-15-30-16-12-22/h4-7,9,19,22-23,25H,2-3,8,10-18H2,1H3/t19-,23-,25+/m1/s1. The van der Waals surface area contributed by atoms with Crippen molar-refractivity contribution in [3.63, 3.8) is 0 Å². The van der Waals surface area contributed by atoms with Crippen molar-refractivity contribution in [2.45, 2.75) is 51.5 Å². The summed E-state index contributed by atoms with van der Waals surface area (Å²) in [6.07, 6.45) is 9.19. The third kappa shape index (κ3) is 4.09. The van der Waals surface area contributed by atoms with E-state index in [1.165, 1.54) is 42.6 Å². The van der Waals surface area contributed by atoms with E-state index >= 15 is 0 Å². The number of allylic oxidation sites excluding steroid dienone is 1. The summed E-state index contributed by atoms with van der Waals surface area (Å²) in [4.78, 5) is 17.8. The molecule has 4 heteroatoms. The molecule has 162 valence electrons. The van der Waals surface area contributed by atoms with Crippen LogP contribution in [0.25, 0.3) is 5.57 Å². The Balaban J connectivity index is 1.19. The molecule has 0 radical (unpaired) electrons. The smallest absolute Gasteiger partial charge is 0.225 e. The largest absolute Gasteiger partial charge is 0.381 e. The lowest BCUT2D eigenvalue weighted by molar-refractivity contribution is -0.137. The number of hydrogen-bond donors (Lipinski definition) is 0. The molecule has 0 bridgehead atoms. The van der Waals surface area contributed by atoms with E-state index in [0.717, 1.165) is 58.0 Å². The first-order valence-corrected chi connectivity index (χ1v) is 12.1. The van der Waals surface area contributed by atoms with E-state index in [1.54, 1.807) is 0 Å². The summed E-state index contributed by atoms with van der Waals surface area (Å²) in [5.41, 5.74) is 4.28. The minimum absolute atomic E-state index is 0.183. The van der Waals surface area contributed by atoms with Gasteiger partial charge in [0.25, 0.3) is 0 Å². The van der Waals surface area contributed by atoms with Crippen LogP contribution in [-0.4, -0.2) is 61.1 Å². The van der Waals surface area contributed by atoms with Gasteiger partial charge in [-0.25, -0.2) is 0 Å². The highest BCUT2D eigenvalue weighted by molar-refractivity contribution is 5.80. The van der Waals surface area contributed by atoms with E-state index in [0.29, 0.717) is 17.7 Å². The predicted octanol–water partition coefficient (Wildman–Crippen LogP) is 4.00. The van der Waals surface area contributed by atoms with Gasteiger partial charge in [0.2, 0.25) is 5.91 Å². The Morgan fingerprint density at radius 3 is 2.63 bits per heavy atom. The van der Waals surface area contributed by atoms with Crippen LogP contribution in [0.5, 0.6) is 0 Å². The van der Waals surface area contributed by atoms with Crippen LogP contribution in [0.4, 0.5) is 0 Å². The van der Waals surface area contributed by atoms with Gasteiger partial charge < -0.3 is 14.5 Å². The molecular formula is C26H36N2O2. The third-order valence-corrected chi connectivity index (χ3v) is 8.03. The minimum atomic E-state index is 0.183. The van der Waals surface area contributed by atoms with Gasteiger partial charge in [0.15, 0.2) is 0 Å². The summed E-state index contributed by atoms with van der Waals surface area (Å²) in [5, 5.41) is 0. The Hall–Kier alpha value is -1.65. The maximum absolute atomic E-state index is 13.0.